The molecule has 1 aliphatic heterocycles. The minimum absolute atomic E-state index is 0.0512. The summed E-state index contributed by atoms with van der Waals surface area (Å²) < 4.78 is 1.82. The molecule has 3 aromatic heterocycles. The normalized spacial score (nSPS) is 15.2. The van der Waals surface area contributed by atoms with Crippen LogP contribution in [-0.4, -0.2) is 49.2 Å². The minimum atomic E-state index is -0.253. The first-order valence-corrected chi connectivity index (χ1v) is 11.7. The predicted octanol–water partition coefficient (Wildman–Crippen LogP) is 3.36. The van der Waals surface area contributed by atoms with Gasteiger partial charge in [-0.15, -0.1) is 0 Å². The van der Waals surface area contributed by atoms with Crippen LogP contribution >= 0.6 is 0 Å². The van der Waals surface area contributed by atoms with E-state index >= 15 is 0 Å². The SMILES string of the molecule is CC#CC(=O)N1CCCC(c2nc(-c3ccc(C(=O)Nc4ccccn4)cc3)n3c(N)nccc23)C1. The summed E-state index contributed by atoms with van der Waals surface area (Å²) in [7, 11) is 0. The van der Waals surface area contributed by atoms with Crippen molar-refractivity contribution in [3.05, 3.63) is 72.2 Å². The summed E-state index contributed by atoms with van der Waals surface area (Å²) in [5.74, 6) is 6.41. The number of benzene rings is 1. The van der Waals surface area contributed by atoms with E-state index in [2.05, 4.69) is 27.1 Å². The Morgan fingerprint density at radius 1 is 1.08 bits per heavy atom. The van der Waals surface area contributed by atoms with Crippen LogP contribution in [0, 0.1) is 11.8 Å². The topological polar surface area (TPSA) is 119 Å². The number of amides is 2. The maximum atomic E-state index is 12.6. The highest BCUT2D eigenvalue weighted by Crippen LogP contribution is 2.33. The third-order valence-electron chi connectivity index (χ3n) is 6.25. The number of aromatic nitrogens is 4. The number of piperidine rings is 1. The van der Waals surface area contributed by atoms with E-state index in [9.17, 15) is 9.59 Å². The van der Waals surface area contributed by atoms with Crippen LogP contribution in [0.15, 0.2) is 60.9 Å². The molecule has 0 saturated carbocycles. The van der Waals surface area contributed by atoms with Crippen LogP contribution in [0.5, 0.6) is 0 Å². The smallest absolute Gasteiger partial charge is 0.298 e. The molecule has 9 heteroatoms. The number of likely N-dealkylation sites (tertiary alicyclic amines) is 1. The number of nitrogens with one attached hydrogen (secondary N) is 1. The number of hydrogen-bond acceptors (Lipinski definition) is 6. The molecule has 36 heavy (non-hydrogen) atoms. The number of carbonyl (C=O) groups excluding carboxylic acids is 2. The largest absolute Gasteiger partial charge is 0.369 e. The fourth-order valence-electron chi connectivity index (χ4n) is 4.54. The molecule has 5 rings (SSSR count). The summed E-state index contributed by atoms with van der Waals surface area (Å²) in [4.78, 5) is 40.2. The lowest BCUT2D eigenvalue weighted by Gasteiger charge is -2.30. The molecular formula is C27H25N7O2. The predicted molar refractivity (Wildman–Crippen MR) is 137 cm³/mol. The Bertz CT molecular complexity index is 1480. The number of imidazole rings is 1. The van der Waals surface area contributed by atoms with E-state index < -0.39 is 0 Å². The molecule has 2 amide bonds. The van der Waals surface area contributed by atoms with Gasteiger partial charge in [-0.2, -0.15) is 0 Å². The zero-order chi connectivity index (χ0) is 25.1. The van der Waals surface area contributed by atoms with Crippen LogP contribution < -0.4 is 11.1 Å². The molecule has 1 saturated heterocycles. The Morgan fingerprint density at radius 3 is 2.67 bits per heavy atom. The summed E-state index contributed by atoms with van der Waals surface area (Å²) in [6.45, 7) is 2.90. The molecule has 0 spiro atoms. The van der Waals surface area contributed by atoms with Gasteiger partial charge in [-0.25, -0.2) is 15.0 Å². The van der Waals surface area contributed by atoms with Crippen molar-refractivity contribution in [1.82, 2.24) is 24.3 Å². The molecule has 3 N–H and O–H groups in total. The van der Waals surface area contributed by atoms with Gasteiger partial charge >= 0.3 is 0 Å². The van der Waals surface area contributed by atoms with Gasteiger partial charge in [0.25, 0.3) is 11.8 Å². The van der Waals surface area contributed by atoms with Gasteiger partial charge in [-0.05, 0) is 56.0 Å². The number of anilines is 2. The molecule has 4 heterocycles. The monoisotopic (exact) mass is 479 g/mol. The van der Waals surface area contributed by atoms with Crippen molar-refractivity contribution in [3.63, 3.8) is 0 Å². The van der Waals surface area contributed by atoms with Gasteiger partial charge in [0.15, 0.2) is 0 Å². The van der Waals surface area contributed by atoms with E-state index in [0.29, 0.717) is 36.2 Å². The number of hydrogen-bond donors (Lipinski definition) is 2. The first-order chi connectivity index (χ1) is 17.5. The fourth-order valence-corrected chi connectivity index (χ4v) is 4.54. The second-order valence-electron chi connectivity index (χ2n) is 8.56. The van der Waals surface area contributed by atoms with Gasteiger partial charge in [0.2, 0.25) is 5.95 Å². The van der Waals surface area contributed by atoms with Crippen LogP contribution in [0.4, 0.5) is 11.8 Å². The Morgan fingerprint density at radius 2 is 1.92 bits per heavy atom. The Balaban J connectivity index is 1.46. The lowest BCUT2D eigenvalue weighted by atomic mass is 9.94. The molecule has 0 bridgehead atoms. The van der Waals surface area contributed by atoms with Crippen molar-refractivity contribution in [1.29, 1.82) is 0 Å². The maximum absolute atomic E-state index is 12.6. The average Bonchev–Trinajstić information content (AvgIpc) is 3.31. The third-order valence-corrected chi connectivity index (χ3v) is 6.25. The van der Waals surface area contributed by atoms with E-state index in [0.717, 1.165) is 29.6 Å². The first-order valence-electron chi connectivity index (χ1n) is 11.7. The average molecular weight is 480 g/mol. The van der Waals surface area contributed by atoms with Gasteiger partial charge in [0.1, 0.15) is 11.6 Å². The summed E-state index contributed by atoms with van der Waals surface area (Å²) >= 11 is 0. The van der Waals surface area contributed by atoms with Crippen molar-refractivity contribution in [2.75, 3.05) is 24.1 Å². The van der Waals surface area contributed by atoms with E-state index in [1.165, 1.54) is 0 Å². The molecular weight excluding hydrogens is 454 g/mol. The van der Waals surface area contributed by atoms with Crippen LogP contribution in [-0.2, 0) is 4.79 Å². The van der Waals surface area contributed by atoms with E-state index in [-0.39, 0.29) is 17.7 Å². The van der Waals surface area contributed by atoms with Gasteiger partial charge in [0.05, 0.1) is 11.2 Å². The number of pyridine rings is 1. The number of nitrogen functional groups attached to an aromatic ring is 1. The zero-order valence-corrected chi connectivity index (χ0v) is 19.8. The highest BCUT2D eigenvalue weighted by molar-refractivity contribution is 6.04. The molecule has 1 aliphatic rings. The number of rotatable bonds is 4. The molecule has 1 aromatic carbocycles. The zero-order valence-electron chi connectivity index (χ0n) is 19.8. The van der Waals surface area contributed by atoms with Gasteiger partial charge in [0, 0.05) is 42.5 Å². The lowest BCUT2D eigenvalue weighted by Crippen LogP contribution is -2.38. The van der Waals surface area contributed by atoms with E-state index in [1.807, 2.05) is 28.7 Å². The summed E-state index contributed by atoms with van der Waals surface area (Å²) in [5.41, 5.74) is 9.30. The molecule has 9 nitrogen and oxygen atoms in total. The highest BCUT2D eigenvalue weighted by atomic mass is 16.2. The van der Waals surface area contributed by atoms with Crippen LogP contribution in [0.3, 0.4) is 0 Å². The van der Waals surface area contributed by atoms with Crippen molar-refractivity contribution in [2.45, 2.75) is 25.7 Å². The van der Waals surface area contributed by atoms with Gasteiger partial charge in [-0.1, -0.05) is 24.1 Å². The second-order valence-corrected chi connectivity index (χ2v) is 8.56. The Kier molecular flexibility index (Phi) is 6.33. The maximum Gasteiger partial charge on any atom is 0.298 e. The summed E-state index contributed by atoms with van der Waals surface area (Å²) in [6.07, 6.45) is 5.07. The summed E-state index contributed by atoms with van der Waals surface area (Å²) in [5, 5.41) is 2.78. The van der Waals surface area contributed by atoms with Crippen molar-refractivity contribution in [3.8, 4) is 23.2 Å². The van der Waals surface area contributed by atoms with Gasteiger partial charge < -0.3 is 16.0 Å². The van der Waals surface area contributed by atoms with Crippen molar-refractivity contribution in [2.24, 2.45) is 0 Å². The van der Waals surface area contributed by atoms with Crippen molar-refractivity contribution < 1.29 is 9.59 Å². The summed E-state index contributed by atoms with van der Waals surface area (Å²) in [6, 6.07) is 14.4. The third kappa shape index (κ3) is 4.49. The highest BCUT2D eigenvalue weighted by Gasteiger charge is 2.28. The van der Waals surface area contributed by atoms with E-state index in [1.54, 1.807) is 48.5 Å². The number of carbonyl (C=O) groups is 2. The standard InChI is InChI=1S/C27H25N7O2/c1-2-6-23(35)33-16-5-7-20(17-33)24-21-13-15-30-27(28)34(21)25(32-24)18-9-11-19(12-10-18)26(36)31-22-8-3-4-14-29-22/h3-4,8-15,20H,5,7,16-17H2,1H3,(H2,28,30)(H,29,31,36). The molecule has 1 fully saturated rings. The second kappa shape index (κ2) is 9.88. The van der Waals surface area contributed by atoms with Gasteiger partial charge in [-0.3, -0.25) is 14.0 Å². The molecule has 1 atom stereocenters. The molecule has 180 valence electrons. The first kappa shape index (κ1) is 23.1. The Hall–Kier alpha value is -4.71. The molecule has 4 aromatic rings. The number of nitrogens with two attached hydrogens (primary N) is 1. The van der Waals surface area contributed by atoms with Crippen LogP contribution in [0.25, 0.3) is 16.9 Å². The number of nitrogens with zero attached hydrogens (tertiary/aromatic N) is 5. The minimum Gasteiger partial charge on any atom is -0.369 e. The Labute approximate surface area is 208 Å². The molecule has 0 aliphatic carbocycles. The quantitative estimate of drug-likeness (QED) is 0.433. The van der Waals surface area contributed by atoms with E-state index in [4.69, 9.17) is 10.7 Å². The van der Waals surface area contributed by atoms with Crippen LogP contribution in [0.2, 0.25) is 0 Å². The van der Waals surface area contributed by atoms with Crippen LogP contribution in [0.1, 0.15) is 41.7 Å². The van der Waals surface area contributed by atoms with Crippen molar-refractivity contribution >= 4 is 29.1 Å². The lowest BCUT2D eigenvalue weighted by molar-refractivity contribution is -0.126. The number of fused-ring (bicyclic) bond motifs is 1. The fraction of sp³-hybridized carbons (Fsp3) is 0.222. The molecule has 0 radical (unpaired) electrons. The molecule has 1 unspecified atom stereocenters.